The molecule has 1 aromatic carbocycles. The summed E-state index contributed by atoms with van der Waals surface area (Å²) in [5.41, 5.74) is 8.78. The lowest BCUT2D eigenvalue weighted by Crippen LogP contribution is -2.42. The highest BCUT2D eigenvalue weighted by Gasteiger charge is 2.33. The van der Waals surface area contributed by atoms with Gasteiger partial charge in [-0.2, -0.15) is 0 Å². The second kappa shape index (κ2) is 13.4. The molecule has 1 unspecified atom stereocenters. The van der Waals surface area contributed by atoms with Gasteiger partial charge in [0.15, 0.2) is 0 Å². The predicted molar refractivity (Wildman–Crippen MR) is 167 cm³/mol. The first-order valence-corrected chi connectivity index (χ1v) is 14.9. The molecule has 5 nitrogen and oxygen atoms in total. The molecular formula is C35H46N2O3. The van der Waals surface area contributed by atoms with Gasteiger partial charge in [0.1, 0.15) is 5.76 Å². The third-order valence-electron chi connectivity index (χ3n) is 8.47. The van der Waals surface area contributed by atoms with Crippen LogP contribution in [-0.2, 0) is 20.8 Å². The molecule has 214 valence electrons. The molecule has 0 N–H and O–H groups in total. The number of benzene rings is 1. The third-order valence-corrected chi connectivity index (χ3v) is 8.47. The smallest absolute Gasteiger partial charge is 0.252 e. The lowest BCUT2D eigenvalue weighted by Gasteiger charge is -2.28. The van der Waals surface area contributed by atoms with Gasteiger partial charge in [-0.05, 0) is 55.4 Å². The maximum Gasteiger partial charge on any atom is 0.252 e. The minimum Gasteiger partial charge on any atom is -0.497 e. The van der Waals surface area contributed by atoms with E-state index >= 15 is 0 Å². The van der Waals surface area contributed by atoms with Gasteiger partial charge in [0.2, 0.25) is 0 Å². The number of methoxy groups -OCH3 is 1. The fourth-order valence-corrected chi connectivity index (χ4v) is 6.38. The summed E-state index contributed by atoms with van der Waals surface area (Å²) < 4.78 is 13.5. The maximum atomic E-state index is 14.1. The van der Waals surface area contributed by atoms with Crippen LogP contribution in [0.1, 0.15) is 82.5 Å². The summed E-state index contributed by atoms with van der Waals surface area (Å²) in [4.78, 5) is 16.0. The summed E-state index contributed by atoms with van der Waals surface area (Å²) in [5.74, 6) is 1.15. The largest absolute Gasteiger partial charge is 0.497 e. The van der Waals surface area contributed by atoms with Crippen molar-refractivity contribution in [3.05, 3.63) is 83.1 Å². The van der Waals surface area contributed by atoms with Crippen LogP contribution < -0.4 is 0 Å². The summed E-state index contributed by atoms with van der Waals surface area (Å²) in [6, 6.07) is 6.55. The highest BCUT2D eigenvalue weighted by molar-refractivity contribution is 6.02. The topological polar surface area (TPSA) is 43.7 Å². The Balaban J connectivity index is 2.06. The van der Waals surface area contributed by atoms with Crippen LogP contribution in [0.2, 0.25) is 0 Å². The Morgan fingerprint density at radius 2 is 1.90 bits per heavy atom. The van der Waals surface area contributed by atoms with Gasteiger partial charge in [-0.25, -0.2) is 0 Å². The molecule has 40 heavy (non-hydrogen) atoms. The van der Waals surface area contributed by atoms with Crippen LogP contribution in [0.3, 0.4) is 0 Å². The van der Waals surface area contributed by atoms with E-state index in [1.54, 1.807) is 7.11 Å². The number of aromatic nitrogens is 1. The van der Waals surface area contributed by atoms with E-state index in [1.165, 1.54) is 29.5 Å². The van der Waals surface area contributed by atoms with Gasteiger partial charge >= 0.3 is 0 Å². The summed E-state index contributed by atoms with van der Waals surface area (Å²) >= 11 is 0. The standard InChI is InChI=1S/C35H46N2O3/c1-8-12-15-26(13-9-2)33-30-17-16-27(25(6)39-7)22-32(30)37-23-31(35(38)36-18-20-40-21-19-36)24(5)28(11-4)29(14-10-3)34(33)37/h10-11,14,16-17,22,26H,3,6,8-9,12-13,15,18-21,23H2,1-2,4-5,7H3/b28-11-,29-14+. The van der Waals surface area contributed by atoms with Crippen LogP contribution in [-0.4, -0.2) is 48.8 Å². The van der Waals surface area contributed by atoms with Gasteiger partial charge < -0.3 is 18.9 Å². The molecule has 2 aliphatic heterocycles. The lowest BCUT2D eigenvalue weighted by atomic mass is 9.83. The Morgan fingerprint density at radius 1 is 1.15 bits per heavy atom. The van der Waals surface area contributed by atoms with Crippen molar-refractivity contribution in [2.24, 2.45) is 0 Å². The molecule has 4 rings (SSSR count). The van der Waals surface area contributed by atoms with Crippen molar-refractivity contribution in [3.63, 3.8) is 0 Å². The molecule has 1 atom stereocenters. The van der Waals surface area contributed by atoms with Crippen molar-refractivity contribution in [2.45, 2.75) is 72.3 Å². The van der Waals surface area contributed by atoms with Crippen LogP contribution in [0.4, 0.5) is 0 Å². The van der Waals surface area contributed by atoms with E-state index in [9.17, 15) is 4.79 Å². The maximum absolute atomic E-state index is 14.1. The lowest BCUT2D eigenvalue weighted by molar-refractivity contribution is -0.131. The number of fused-ring (bicyclic) bond motifs is 3. The highest BCUT2D eigenvalue weighted by atomic mass is 16.5. The zero-order valence-corrected chi connectivity index (χ0v) is 25.1. The first-order valence-electron chi connectivity index (χ1n) is 14.9. The summed E-state index contributed by atoms with van der Waals surface area (Å²) in [7, 11) is 1.66. The van der Waals surface area contributed by atoms with Gasteiger partial charge in [-0.1, -0.05) is 76.6 Å². The molecule has 1 aromatic heterocycles. The van der Waals surface area contributed by atoms with Crippen molar-refractivity contribution >= 4 is 28.1 Å². The summed E-state index contributed by atoms with van der Waals surface area (Å²) in [6.45, 7) is 19.9. The normalized spacial score (nSPS) is 18.7. The zero-order valence-electron chi connectivity index (χ0n) is 25.1. The Hall–Kier alpha value is -3.31. The van der Waals surface area contributed by atoms with Crippen LogP contribution >= 0.6 is 0 Å². The molecule has 0 saturated carbocycles. The van der Waals surface area contributed by atoms with Gasteiger partial charge in [0, 0.05) is 40.7 Å². The number of ether oxygens (including phenoxy) is 2. The molecule has 1 fully saturated rings. The number of carbonyl (C=O) groups excluding carboxylic acids is 1. The molecule has 3 heterocycles. The summed E-state index contributed by atoms with van der Waals surface area (Å²) in [6.07, 6.45) is 11.9. The molecule has 0 spiro atoms. The van der Waals surface area contributed by atoms with E-state index < -0.39 is 0 Å². The molecule has 2 aromatic rings. The van der Waals surface area contributed by atoms with Gasteiger partial charge in [-0.3, -0.25) is 4.79 Å². The number of hydrogen-bond donors (Lipinski definition) is 0. The van der Waals surface area contributed by atoms with E-state index in [0.29, 0.717) is 44.5 Å². The zero-order chi connectivity index (χ0) is 28.8. The average molecular weight is 543 g/mol. The number of rotatable bonds is 10. The predicted octanol–water partition coefficient (Wildman–Crippen LogP) is 8.04. The van der Waals surface area contributed by atoms with Crippen LogP contribution in [0.5, 0.6) is 0 Å². The first-order chi connectivity index (χ1) is 19.4. The quantitative estimate of drug-likeness (QED) is 0.285. The Bertz CT molecular complexity index is 1360. The van der Waals surface area contributed by atoms with E-state index in [-0.39, 0.29) is 5.91 Å². The molecule has 5 heteroatoms. The van der Waals surface area contributed by atoms with Crippen LogP contribution in [0.15, 0.2) is 66.3 Å². The van der Waals surface area contributed by atoms with E-state index in [4.69, 9.17) is 9.47 Å². The van der Waals surface area contributed by atoms with Crippen molar-refractivity contribution < 1.29 is 14.3 Å². The van der Waals surface area contributed by atoms with E-state index in [1.807, 2.05) is 11.0 Å². The van der Waals surface area contributed by atoms with Gasteiger partial charge in [-0.15, -0.1) is 0 Å². The minimum atomic E-state index is 0.0999. The molecule has 0 bridgehead atoms. The number of morpholine rings is 1. The van der Waals surface area contributed by atoms with E-state index in [0.717, 1.165) is 52.6 Å². The monoisotopic (exact) mass is 542 g/mol. The number of hydrogen-bond acceptors (Lipinski definition) is 3. The SMILES string of the molecule is C=C/C=C1\C(=C/C)C(C)=C(C(=O)N2CCOCC2)Cn2c1c(C(CCC)CCCC)c1ccc(C(=C)OC)cc12. The number of allylic oxidation sites excluding steroid dienone is 6. The summed E-state index contributed by atoms with van der Waals surface area (Å²) in [5, 5.41) is 1.25. The van der Waals surface area contributed by atoms with Gasteiger partial charge in [0.05, 0.1) is 32.6 Å². The fraction of sp³-hybridized carbons (Fsp3) is 0.457. The van der Waals surface area contributed by atoms with Crippen molar-refractivity contribution in [1.29, 1.82) is 0 Å². The third kappa shape index (κ3) is 5.62. The van der Waals surface area contributed by atoms with Gasteiger partial charge in [0.25, 0.3) is 5.91 Å². The highest BCUT2D eigenvalue weighted by Crippen LogP contribution is 2.46. The Morgan fingerprint density at radius 3 is 2.52 bits per heavy atom. The Kier molecular flexibility index (Phi) is 9.91. The second-order valence-electron chi connectivity index (χ2n) is 10.9. The number of carbonyl (C=O) groups is 1. The first kappa shape index (κ1) is 29.7. The van der Waals surface area contributed by atoms with Crippen molar-refractivity contribution in [2.75, 3.05) is 33.4 Å². The molecule has 1 amide bonds. The Labute approximate surface area is 240 Å². The second-order valence-corrected chi connectivity index (χ2v) is 10.9. The van der Waals surface area contributed by atoms with Crippen molar-refractivity contribution in [1.82, 2.24) is 9.47 Å². The molecule has 0 aliphatic carbocycles. The molecule has 0 radical (unpaired) electrons. The van der Waals surface area contributed by atoms with Crippen LogP contribution in [0, 0.1) is 0 Å². The number of amides is 1. The minimum absolute atomic E-state index is 0.0999. The van der Waals surface area contributed by atoms with E-state index in [2.05, 4.69) is 75.8 Å². The number of nitrogens with zero attached hydrogens (tertiary/aromatic N) is 2. The molecular weight excluding hydrogens is 496 g/mol. The average Bonchev–Trinajstić information content (AvgIpc) is 3.23. The molecule has 1 saturated heterocycles. The number of unbranched alkanes of at least 4 members (excludes halogenated alkanes) is 1. The fourth-order valence-electron chi connectivity index (χ4n) is 6.38. The van der Waals surface area contributed by atoms with Crippen LogP contribution in [0.25, 0.3) is 22.2 Å². The molecule has 2 aliphatic rings. The van der Waals surface area contributed by atoms with Crippen molar-refractivity contribution in [3.8, 4) is 0 Å².